The van der Waals surface area contributed by atoms with Gasteiger partial charge in [-0.05, 0) is 70.6 Å². The number of alkyl halides is 3. The van der Waals surface area contributed by atoms with Crippen molar-refractivity contribution in [1.82, 2.24) is 14.5 Å². The predicted molar refractivity (Wildman–Crippen MR) is 137 cm³/mol. The van der Waals surface area contributed by atoms with Crippen LogP contribution in [0.3, 0.4) is 0 Å². The van der Waals surface area contributed by atoms with Crippen molar-refractivity contribution in [1.29, 1.82) is 0 Å². The third-order valence-electron chi connectivity index (χ3n) is 6.18. The van der Waals surface area contributed by atoms with E-state index in [4.69, 9.17) is 21.1 Å². The molecular weight excluding hydrogens is 559 g/mol. The normalized spacial score (nSPS) is 15.2. The topological polar surface area (TPSA) is 125 Å². The summed E-state index contributed by atoms with van der Waals surface area (Å²) in [4.78, 5) is 20.3. The number of rotatable bonds is 12. The van der Waals surface area contributed by atoms with E-state index in [2.05, 4.69) is 19.6 Å². The van der Waals surface area contributed by atoms with Gasteiger partial charge in [0.2, 0.25) is 0 Å². The largest absolute Gasteiger partial charge is 0.573 e. The van der Waals surface area contributed by atoms with Crippen LogP contribution in [0, 0.1) is 10.1 Å². The van der Waals surface area contributed by atoms with E-state index in [-0.39, 0.29) is 42.5 Å². The molecule has 2 aromatic heterocycles. The van der Waals surface area contributed by atoms with E-state index >= 15 is 0 Å². The van der Waals surface area contributed by atoms with E-state index in [0.29, 0.717) is 12.4 Å². The van der Waals surface area contributed by atoms with Gasteiger partial charge in [-0.3, -0.25) is 4.57 Å². The predicted octanol–water partition coefficient (Wildman–Crippen LogP) is 4.75. The number of ether oxygens (including phenoxy) is 3. The SMILES string of the molecule is O=[N+]([O-])c1cn(CCC(O)COc2ccc(N3CCC(OCc4ccc(OC(F)(F)F)cc4)CC3)nc2)c(Cl)n1. The fraction of sp³-hybridized carbons (Fsp3) is 0.440. The van der Waals surface area contributed by atoms with Crippen LogP contribution in [-0.4, -0.2) is 62.8 Å². The van der Waals surface area contributed by atoms with E-state index in [1.165, 1.54) is 22.9 Å². The Morgan fingerprint density at radius 2 is 1.85 bits per heavy atom. The molecule has 1 atom stereocenters. The van der Waals surface area contributed by atoms with E-state index in [1.807, 2.05) is 6.07 Å². The summed E-state index contributed by atoms with van der Waals surface area (Å²) in [6.07, 6.45) is -0.939. The number of nitro groups is 1. The third kappa shape index (κ3) is 8.69. The van der Waals surface area contributed by atoms with Crippen molar-refractivity contribution in [2.24, 2.45) is 0 Å². The second-order valence-electron chi connectivity index (χ2n) is 9.11. The van der Waals surface area contributed by atoms with Crippen LogP contribution in [0.2, 0.25) is 5.28 Å². The van der Waals surface area contributed by atoms with Gasteiger partial charge in [0.25, 0.3) is 0 Å². The van der Waals surface area contributed by atoms with Gasteiger partial charge in [-0.2, -0.15) is 0 Å². The molecule has 1 N–H and O–H groups in total. The number of aliphatic hydroxyl groups excluding tert-OH is 1. The molecule has 11 nitrogen and oxygen atoms in total. The Balaban J connectivity index is 1.15. The molecule has 1 saturated heterocycles. The quantitative estimate of drug-likeness (QED) is 0.237. The lowest BCUT2D eigenvalue weighted by atomic mass is 10.1. The summed E-state index contributed by atoms with van der Waals surface area (Å²) in [5.74, 6) is 0.647. The highest BCUT2D eigenvalue weighted by Gasteiger charge is 2.31. The number of aromatic nitrogens is 3. The molecule has 0 bridgehead atoms. The highest BCUT2D eigenvalue weighted by molar-refractivity contribution is 6.28. The lowest BCUT2D eigenvalue weighted by Crippen LogP contribution is -2.37. The minimum atomic E-state index is -4.72. The summed E-state index contributed by atoms with van der Waals surface area (Å²) in [6.45, 7) is 2.00. The highest BCUT2D eigenvalue weighted by Crippen LogP contribution is 2.25. The summed E-state index contributed by atoms with van der Waals surface area (Å²) < 4.78 is 53.7. The Morgan fingerprint density at radius 3 is 2.45 bits per heavy atom. The number of halogens is 4. The summed E-state index contributed by atoms with van der Waals surface area (Å²) >= 11 is 5.88. The maximum Gasteiger partial charge on any atom is 0.573 e. The second kappa shape index (κ2) is 13.2. The van der Waals surface area contributed by atoms with Crippen LogP contribution in [0.5, 0.6) is 11.5 Å². The number of aliphatic hydroxyl groups is 1. The zero-order valence-electron chi connectivity index (χ0n) is 21.2. The summed E-state index contributed by atoms with van der Waals surface area (Å²) in [7, 11) is 0. The van der Waals surface area contributed by atoms with Crippen LogP contribution in [-0.2, 0) is 17.9 Å². The number of nitrogens with zero attached hydrogens (tertiary/aromatic N) is 5. The number of hydrogen-bond donors (Lipinski definition) is 1. The van der Waals surface area contributed by atoms with E-state index in [0.717, 1.165) is 37.3 Å². The molecule has 1 aliphatic heterocycles. The minimum Gasteiger partial charge on any atom is -0.489 e. The minimum absolute atomic E-state index is 0.0102. The Labute approximate surface area is 232 Å². The fourth-order valence-electron chi connectivity index (χ4n) is 4.09. The number of pyridine rings is 1. The highest BCUT2D eigenvalue weighted by atomic mass is 35.5. The van der Waals surface area contributed by atoms with Crippen LogP contribution >= 0.6 is 11.6 Å². The average Bonchev–Trinajstić information content (AvgIpc) is 3.31. The third-order valence-corrected chi connectivity index (χ3v) is 6.48. The lowest BCUT2D eigenvalue weighted by Gasteiger charge is -2.32. The maximum atomic E-state index is 12.3. The molecule has 1 aliphatic rings. The first-order valence-electron chi connectivity index (χ1n) is 12.4. The molecule has 1 unspecified atom stereocenters. The number of imidazole rings is 1. The molecule has 4 rings (SSSR count). The van der Waals surface area contributed by atoms with Crippen molar-refractivity contribution >= 4 is 23.2 Å². The van der Waals surface area contributed by atoms with Crippen molar-refractivity contribution < 1.29 is 37.4 Å². The van der Waals surface area contributed by atoms with Gasteiger partial charge in [0.05, 0.1) is 25.0 Å². The average molecular weight is 586 g/mol. The molecule has 3 heterocycles. The van der Waals surface area contributed by atoms with Crippen molar-refractivity contribution in [3.05, 3.63) is 69.8 Å². The van der Waals surface area contributed by atoms with Crippen LogP contribution < -0.4 is 14.4 Å². The lowest BCUT2D eigenvalue weighted by molar-refractivity contribution is -0.389. The smallest absolute Gasteiger partial charge is 0.489 e. The first-order chi connectivity index (χ1) is 19.1. The van der Waals surface area contributed by atoms with Gasteiger partial charge in [0, 0.05) is 19.6 Å². The molecule has 3 aromatic rings. The number of hydrogen-bond acceptors (Lipinski definition) is 9. The van der Waals surface area contributed by atoms with Crippen LogP contribution in [0.4, 0.5) is 24.8 Å². The molecule has 15 heteroatoms. The number of benzene rings is 1. The monoisotopic (exact) mass is 585 g/mol. The van der Waals surface area contributed by atoms with Gasteiger partial charge < -0.3 is 34.3 Å². The fourth-order valence-corrected chi connectivity index (χ4v) is 4.31. The van der Waals surface area contributed by atoms with E-state index < -0.39 is 17.4 Å². The first-order valence-corrected chi connectivity index (χ1v) is 12.8. The summed E-state index contributed by atoms with van der Waals surface area (Å²) in [5.41, 5.74) is 0.758. The van der Waals surface area contributed by atoms with Crippen molar-refractivity contribution in [3.63, 3.8) is 0 Å². The molecule has 0 aliphatic carbocycles. The molecule has 1 fully saturated rings. The number of piperidine rings is 1. The molecule has 0 saturated carbocycles. The first kappa shape index (κ1) is 29.4. The zero-order valence-corrected chi connectivity index (χ0v) is 21.9. The number of aryl methyl sites for hydroxylation is 1. The summed E-state index contributed by atoms with van der Waals surface area (Å²) in [6, 6.07) is 9.22. The molecule has 0 spiro atoms. The van der Waals surface area contributed by atoms with Crippen molar-refractivity contribution in [2.75, 3.05) is 24.6 Å². The Bertz CT molecular complexity index is 1250. The van der Waals surface area contributed by atoms with Gasteiger partial charge in [-0.1, -0.05) is 12.1 Å². The van der Waals surface area contributed by atoms with E-state index in [9.17, 15) is 28.4 Å². The van der Waals surface area contributed by atoms with E-state index in [1.54, 1.807) is 24.4 Å². The van der Waals surface area contributed by atoms with Gasteiger partial charge in [-0.25, -0.2) is 4.98 Å². The second-order valence-corrected chi connectivity index (χ2v) is 9.45. The molecule has 0 amide bonds. The molecule has 216 valence electrons. The van der Waals surface area contributed by atoms with Crippen LogP contribution in [0.25, 0.3) is 0 Å². The Morgan fingerprint density at radius 1 is 1.15 bits per heavy atom. The van der Waals surface area contributed by atoms with Crippen molar-refractivity contribution in [2.45, 2.75) is 51.0 Å². The Hall–Kier alpha value is -3.62. The van der Waals surface area contributed by atoms with Gasteiger partial charge in [0.15, 0.2) is 0 Å². The summed E-state index contributed by atoms with van der Waals surface area (Å²) in [5, 5.41) is 21.0. The molecule has 0 radical (unpaired) electrons. The number of anilines is 1. The van der Waals surface area contributed by atoms with Gasteiger partial charge >= 0.3 is 17.5 Å². The zero-order chi connectivity index (χ0) is 28.7. The molecule has 40 heavy (non-hydrogen) atoms. The molecular formula is C25H27ClF3N5O6. The standard InChI is InChI=1S/C25H27ClF3N5O6/c26-24-31-23(34(36)37)14-33(24)10-7-18(35)16-39-21-5-6-22(30-13-21)32-11-8-19(9-12-32)38-15-17-1-3-20(4-2-17)40-25(27,28)29/h1-6,13-14,18-19,35H,7-12,15-16H2. The van der Waals surface area contributed by atoms with Crippen LogP contribution in [0.1, 0.15) is 24.8 Å². The Kier molecular flexibility index (Phi) is 9.66. The van der Waals surface area contributed by atoms with Gasteiger partial charge in [-0.15, -0.1) is 13.2 Å². The van der Waals surface area contributed by atoms with Crippen LogP contribution in [0.15, 0.2) is 48.8 Å². The molecule has 1 aromatic carbocycles. The maximum absolute atomic E-state index is 12.3. The van der Waals surface area contributed by atoms with Crippen molar-refractivity contribution in [3.8, 4) is 11.5 Å². The van der Waals surface area contributed by atoms with Gasteiger partial charge in [0.1, 0.15) is 30.1 Å².